The Bertz CT molecular complexity index is 410. The summed E-state index contributed by atoms with van der Waals surface area (Å²) < 4.78 is 4.90. The molecule has 0 amide bonds. The van der Waals surface area contributed by atoms with E-state index in [2.05, 4.69) is 10.5 Å². The Morgan fingerprint density at radius 1 is 1.50 bits per heavy atom. The van der Waals surface area contributed by atoms with Gasteiger partial charge in [-0.15, -0.1) is 0 Å². The minimum Gasteiger partial charge on any atom is -0.476 e. The van der Waals surface area contributed by atoms with Crippen LogP contribution in [0.5, 0.6) is 0 Å². The number of rotatable bonds is 6. The monoisotopic (exact) mass is 254 g/mol. The first-order valence-electron chi connectivity index (χ1n) is 6.16. The van der Waals surface area contributed by atoms with Gasteiger partial charge in [0.05, 0.1) is 6.54 Å². The molecular formula is C12H18N2O4. The first-order chi connectivity index (χ1) is 8.65. The normalized spacial score (nSPS) is 18.1. The fourth-order valence-corrected chi connectivity index (χ4v) is 2.46. The summed E-state index contributed by atoms with van der Waals surface area (Å²) in [5.41, 5.74) is -0.0973. The second-order valence-corrected chi connectivity index (χ2v) is 4.95. The zero-order valence-corrected chi connectivity index (χ0v) is 10.2. The highest BCUT2D eigenvalue weighted by molar-refractivity contribution is 5.85. The summed E-state index contributed by atoms with van der Waals surface area (Å²) in [5.74, 6) is -0.592. The molecule has 0 aliphatic heterocycles. The van der Waals surface area contributed by atoms with Crippen LogP contribution in [0.15, 0.2) is 10.6 Å². The molecule has 1 saturated carbocycles. The Balaban J connectivity index is 1.82. The van der Waals surface area contributed by atoms with Gasteiger partial charge in [0.2, 0.25) is 0 Å². The molecule has 18 heavy (non-hydrogen) atoms. The number of hydrogen-bond donors (Lipinski definition) is 3. The lowest BCUT2D eigenvalue weighted by atomic mass is 9.87. The second-order valence-electron chi connectivity index (χ2n) is 4.95. The molecule has 0 radical (unpaired) electrons. The highest BCUT2D eigenvalue weighted by Gasteiger charge is 2.32. The van der Waals surface area contributed by atoms with Crippen LogP contribution in [0.3, 0.4) is 0 Å². The van der Waals surface area contributed by atoms with E-state index < -0.39 is 5.97 Å². The number of carboxylic acid groups (broad SMARTS) is 1. The van der Waals surface area contributed by atoms with Crippen LogP contribution in [0.25, 0.3) is 0 Å². The molecule has 1 heterocycles. The predicted molar refractivity (Wildman–Crippen MR) is 63.2 cm³/mol. The van der Waals surface area contributed by atoms with Crippen molar-refractivity contribution in [2.24, 2.45) is 5.41 Å². The molecule has 0 bridgehead atoms. The van der Waals surface area contributed by atoms with E-state index in [1.165, 1.54) is 6.07 Å². The van der Waals surface area contributed by atoms with Crippen molar-refractivity contribution in [3.05, 3.63) is 17.5 Å². The summed E-state index contributed by atoms with van der Waals surface area (Å²) in [6.45, 7) is 1.34. The minimum absolute atomic E-state index is 0.0182. The lowest BCUT2D eigenvalue weighted by Crippen LogP contribution is -2.34. The molecule has 0 aromatic carbocycles. The Hall–Kier alpha value is -1.40. The first-order valence-corrected chi connectivity index (χ1v) is 6.16. The maximum Gasteiger partial charge on any atom is 0.358 e. The Morgan fingerprint density at radius 3 is 2.78 bits per heavy atom. The van der Waals surface area contributed by atoms with E-state index in [1.807, 2.05) is 0 Å². The van der Waals surface area contributed by atoms with Gasteiger partial charge in [-0.3, -0.25) is 0 Å². The fourth-order valence-electron chi connectivity index (χ4n) is 2.46. The van der Waals surface area contributed by atoms with Crippen LogP contribution in [0.4, 0.5) is 0 Å². The average molecular weight is 254 g/mol. The number of carboxylic acids is 1. The standard InChI is InChI=1S/C12H18N2O4/c15-8-12(3-1-2-4-12)7-13-6-9-5-10(11(16)17)14-18-9/h5,13,15H,1-4,6-8H2,(H,16,17). The third-order valence-corrected chi connectivity index (χ3v) is 3.58. The SMILES string of the molecule is O=C(O)c1cc(CNCC2(CO)CCCC2)on1. The molecule has 0 spiro atoms. The van der Waals surface area contributed by atoms with Gasteiger partial charge in [0.25, 0.3) is 0 Å². The molecule has 3 N–H and O–H groups in total. The van der Waals surface area contributed by atoms with E-state index in [0.717, 1.165) is 25.7 Å². The van der Waals surface area contributed by atoms with Crippen LogP contribution in [0.1, 0.15) is 41.9 Å². The van der Waals surface area contributed by atoms with Gasteiger partial charge in [-0.1, -0.05) is 18.0 Å². The maximum atomic E-state index is 10.6. The molecule has 1 aromatic heterocycles. The Morgan fingerprint density at radius 2 is 2.22 bits per heavy atom. The first kappa shape index (κ1) is 13.0. The molecule has 1 aromatic rings. The molecule has 2 rings (SSSR count). The Kier molecular flexibility index (Phi) is 3.98. The molecule has 0 unspecified atom stereocenters. The van der Waals surface area contributed by atoms with Gasteiger partial charge in [-0.25, -0.2) is 4.79 Å². The number of nitrogens with zero attached hydrogens (tertiary/aromatic N) is 1. The van der Waals surface area contributed by atoms with Crippen LogP contribution in [-0.2, 0) is 6.54 Å². The van der Waals surface area contributed by atoms with Crippen LogP contribution in [-0.4, -0.2) is 34.5 Å². The fraction of sp³-hybridized carbons (Fsp3) is 0.667. The molecular weight excluding hydrogens is 236 g/mol. The van der Waals surface area contributed by atoms with Gasteiger partial charge < -0.3 is 20.1 Å². The van der Waals surface area contributed by atoms with Crippen LogP contribution in [0, 0.1) is 5.41 Å². The highest BCUT2D eigenvalue weighted by atomic mass is 16.5. The third kappa shape index (κ3) is 2.88. The maximum absolute atomic E-state index is 10.6. The summed E-state index contributed by atoms with van der Waals surface area (Å²) in [7, 11) is 0. The topological polar surface area (TPSA) is 95.6 Å². The molecule has 1 fully saturated rings. The summed E-state index contributed by atoms with van der Waals surface area (Å²) in [5, 5.41) is 24.8. The minimum atomic E-state index is -1.09. The largest absolute Gasteiger partial charge is 0.476 e. The number of carbonyl (C=O) groups is 1. The predicted octanol–water partition coefficient (Wildman–Crippen LogP) is 1.02. The summed E-state index contributed by atoms with van der Waals surface area (Å²) in [6.07, 6.45) is 4.39. The van der Waals surface area contributed by atoms with Gasteiger partial charge in [0, 0.05) is 24.6 Å². The lowest BCUT2D eigenvalue weighted by molar-refractivity contribution is 0.0685. The molecule has 1 aliphatic rings. The average Bonchev–Trinajstić information content (AvgIpc) is 2.98. The molecule has 6 nitrogen and oxygen atoms in total. The summed E-state index contributed by atoms with van der Waals surface area (Å²) in [4.78, 5) is 10.6. The van der Waals surface area contributed by atoms with Gasteiger partial charge in [-0.05, 0) is 12.8 Å². The van der Waals surface area contributed by atoms with E-state index in [4.69, 9.17) is 9.63 Å². The van der Waals surface area contributed by atoms with Crippen LogP contribution in [0.2, 0.25) is 0 Å². The number of aliphatic hydroxyl groups excluding tert-OH is 1. The van der Waals surface area contributed by atoms with Crippen molar-refractivity contribution in [1.29, 1.82) is 0 Å². The zero-order valence-electron chi connectivity index (χ0n) is 10.2. The zero-order chi connectivity index (χ0) is 13.0. The summed E-state index contributed by atoms with van der Waals surface area (Å²) >= 11 is 0. The van der Waals surface area contributed by atoms with Crippen molar-refractivity contribution in [2.75, 3.05) is 13.2 Å². The van der Waals surface area contributed by atoms with E-state index in [1.54, 1.807) is 0 Å². The van der Waals surface area contributed by atoms with Crippen molar-refractivity contribution < 1.29 is 19.5 Å². The van der Waals surface area contributed by atoms with Crippen molar-refractivity contribution in [2.45, 2.75) is 32.2 Å². The number of hydrogen-bond acceptors (Lipinski definition) is 5. The number of aromatic carboxylic acids is 1. The highest BCUT2D eigenvalue weighted by Crippen LogP contribution is 2.36. The van der Waals surface area contributed by atoms with Gasteiger partial charge in [0.15, 0.2) is 11.5 Å². The second kappa shape index (κ2) is 5.49. The van der Waals surface area contributed by atoms with Gasteiger partial charge in [0.1, 0.15) is 0 Å². The molecule has 1 aliphatic carbocycles. The van der Waals surface area contributed by atoms with Crippen molar-refractivity contribution in [3.8, 4) is 0 Å². The number of aromatic nitrogens is 1. The Labute approximate surface area is 105 Å². The molecule has 0 atom stereocenters. The van der Waals surface area contributed by atoms with Gasteiger partial charge >= 0.3 is 5.97 Å². The van der Waals surface area contributed by atoms with E-state index in [-0.39, 0.29) is 17.7 Å². The molecule has 0 saturated heterocycles. The van der Waals surface area contributed by atoms with Gasteiger partial charge in [-0.2, -0.15) is 0 Å². The number of aliphatic hydroxyl groups is 1. The molecule has 100 valence electrons. The number of nitrogens with one attached hydrogen (secondary N) is 1. The van der Waals surface area contributed by atoms with E-state index in [0.29, 0.717) is 18.8 Å². The van der Waals surface area contributed by atoms with Crippen molar-refractivity contribution in [3.63, 3.8) is 0 Å². The van der Waals surface area contributed by atoms with Crippen LogP contribution < -0.4 is 5.32 Å². The van der Waals surface area contributed by atoms with Crippen molar-refractivity contribution >= 4 is 5.97 Å². The van der Waals surface area contributed by atoms with E-state index >= 15 is 0 Å². The molecule has 6 heteroatoms. The van der Waals surface area contributed by atoms with E-state index in [9.17, 15) is 9.90 Å². The van der Waals surface area contributed by atoms with Crippen molar-refractivity contribution in [1.82, 2.24) is 10.5 Å². The summed E-state index contributed by atoms with van der Waals surface area (Å²) in [6, 6.07) is 1.41. The smallest absolute Gasteiger partial charge is 0.358 e. The third-order valence-electron chi connectivity index (χ3n) is 3.58. The lowest BCUT2D eigenvalue weighted by Gasteiger charge is -2.26. The quantitative estimate of drug-likeness (QED) is 0.701. The van der Waals surface area contributed by atoms with Crippen LogP contribution >= 0.6 is 0 Å².